The summed E-state index contributed by atoms with van der Waals surface area (Å²) < 4.78 is 0. The Morgan fingerprint density at radius 3 is 2.73 bits per heavy atom. The number of carbonyl (C=O) groups excluding carboxylic acids is 1. The fourth-order valence-corrected chi connectivity index (χ4v) is 5.14. The molecule has 7 heteroatoms. The number of aromatic nitrogens is 2. The molecule has 4 nitrogen and oxygen atoms in total. The molecule has 2 N–H and O–H groups in total. The van der Waals surface area contributed by atoms with Crippen LogP contribution in [0.3, 0.4) is 0 Å². The smallest absolute Gasteiger partial charge is 0.230 e. The highest BCUT2D eigenvalue weighted by molar-refractivity contribution is 8.00. The Morgan fingerprint density at radius 1 is 1.13 bits per heavy atom. The normalized spacial score (nSPS) is 12.3. The molecule has 154 valence electrons. The third-order valence-corrected chi connectivity index (χ3v) is 6.87. The molecule has 1 amide bonds. The molecule has 1 atom stereocenters. The number of amides is 1. The van der Waals surface area contributed by atoms with E-state index < -0.39 is 0 Å². The van der Waals surface area contributed by atoms with Gasteiger partial charge in [-0.05, 0) is 48.1 Å². The van der Waals surface area contributed by atoms with Crippen molar-refractivity contribution in [3.8, 4) is 0 Å². The number of fused-ring (bicyclic) bond motifs is 2. The lowest BCUT2D eigenvalue weighted by Gasteiger charge is -2.16. The number of nitrogens with zero attached hydrogens (tertiary/aromatic N) is 1. The maximum Gasteiger partial charge on any atom is 0.230 e. The van der Waals surface area contributed by atoms with Gasteiger partial charge in [0.25, 0.3) is 0 Å². The quantitative estimate of drug-likeness (QED) is 0.316. The van der Waals surface area contributed by atoms with Gasteiger partial charge >= 0.3 is 0 Å². The number of thioether (sulfide) groups is 2. The standard InChI is InChI=1S/C23H22ClN3OS2/c1-29-13-12-19(23-26-17-9-2-3-10-18(17)27-23)25-21(28)14-30-20-11-5-7-15-6-4-8-16(24)22(15)20/h2-11,19H,12-14H2,1H3,(H,25,28)(H,26,27)/t19-/m0/s1. The van der Waals surface area contributed by atoms with Crippen molar-refractivity contribution >= 4 is 62.8 Å². The summed E-state index contributed by atoms with van der Waals surface area (Å²) in [5.74, 6) is 2.04. The van der Waals surface area contributed by atoms with E-state index in [2.05, 4.69) is 21.5 Å². The molecular weight excluding hydrogens is 434 g/mol. The number of para-hydroxylation sites is 2. The zero-order valence-corrected chi connectivity index (χ0v) is 18.9. The minimum atomic E-state index is -0.144. The van der Waals surface area contributed by atoms with Gasteiger partial charge in [-0.25, -0.2) is 4.98 Å². The van der Waals surface area contributed by atoms with Gasteiger partial charge in [-0.15, -0.1) is 11.8 Å². The molecule has 0 aliphatic heterocycles. The molecule has 1 heterocycles. The van der Waals surface area contributed by atoms with Crippen molar-refractivity contribution in [1.29, 1.82) is 0 Å². The summed E-state index contributed by atoms with van der Waals surface area (Å²) in [6, 6.07) is 19.7. The number of hydrogen-bond donors (Lipinski definition) is 2. The van der Waals surface area contributed by atoms with Crippen LogP contribution in [-0.4, -0.2) is 33.6 Å². The largest absolute Gasteiger partial charge is 0.345 e. The number of carbonyl (C=O) groups is 1. The lowest BCUT2D eigenvalue weighted by Crippen LogP contribution is -2.31. The Morgan fingerprint density at radius 2 is 1.93 bits per heavy atom. The van der Waals surface area contributed by atoms with Gasteiger partial charge in [0.05, 0.1) is 22.8 Å². The molecule has 0 unspecified atom stereocenters. The van der Waals surface area contributed by atoms with E-state index >= 15 is 0 Å². The number of imidazole rings is 1. The van der Waals surface area contributed by atoms with Crippen LogP contribution in [0.2, 0.25) is 5.02 Å². The summed E-state index contributed by atoms with van der Waals surface area (Å²) in [6.07, 6.45) is 2.88. The first kappa shape index (κ1) is 21.1. The molecule has 3 aromatic carbocycles. The van der Waals surface area contributed by atoms with Gasteiger partial charge in [0.15, 0.2) is 0 Å². The molecule has 30 heavy (non-hydrogen) atoms. The predicted octanol–water partition coefficient (Wildman–Crippen LogP) is 6.07. The minimum Gasteiger partial charge on any atom is -0.345 e. The van der Waals surface area contributed by atoms with Gasteiger partial charge in [-0.1, -0.05) is 48.0 Å². The van der Waals surface area contributed by atoms with Gasteiger partial charge in [-0.2, -0.15) is 11.8 Å². The first-order valence-corrected chi connectivity index (χ1v) is 12.4. The van der Waals surface area contributed by atoms with Crippen LogP contribution in [0.4, 0.5) is 0 Å². The number of nitrogens with one attached hydrogen (secondary N) is 2. The second-order valence-corrected chi connectivity index (χ2v) is 9.33. The fraction of sp³-hybridized carbons (Fsp3) is 0.217. The Labute approximate surface area is 189 Å². The maximum atomic E-state index is 12.8. The van der Waals surface area contributed by atoms with E-state index in [0.717, 1.165) is 44.7 Å². The van der Waals surface area contributed by atoms with Crippen LogP contribution in [0.5, 0.6) is 0 Å². The minimum absolute atomic E-state index is 0.0179. The monoisotopic (exact) mass is 455 g/mol. The van der Waals surface area contributed by atoms with Crippen LogP contribution >= 0.6 is 35.1 Å². The first-order chi connectivity index (χ1) is 14.7. The highest BCUT2D eigenvalue weighted by Gasteiger charge is 2.18. The second kappa shape index (κ2) is 9.77. The van der Waals surface area contributed by atoms with E-state index in [1.807, 2.05) is 60.7 Å². The van der Waals surface area contributed by atoms with Crippen molar-refractivity contribution in [2.45, 2.75) is 17.4 Å². The van der Waals surface area contributed by atoms with E-state index in [0.29, 0.717) is 10.8 Å². The molecule has 0 fully saturated rings. The summed E-state index contributed by atoms with van der Waals surface area (Å²) in [7, 11) is 0. The van der Waals surface area contributed by atoms with Crippen molar-refractivity contribution in [3.05, 3.63) is 71.5 Å². The summed E-state index contributed by atoms with van der Waals surface area (Å²) in [5, 5.41) is 5.94. The third kappa shape index (κ3) is 4.77. The molecule has 0 aliphatic carbocycles. The van der Waals surface area contributed by atoms with Gasteiger partial charge in [-0.3, -0.25) is 4.79 Å². The zero-order chi connectivity index (χ0) is 20.9. The summed E-state index contributed by atoms with van der Waals surface area (Å²) in [5.41, 5.74) is 1.89. The lowest BCUT2D eigenvalue weighted by atomic mass is 10.1. The summed E-state index contributed by atoms with van der Waals surface area (Å²) >= 11 is 9.67. The van der Waals surface area contributed by atoms with Crippen LogP contribution in [-0.2, 0) is 4.79 Å². The highest BCUT2D eigenvalue weighted by atomic mass is 35.5. The molecule has 0 aliphatic rings. The van der Waals surface area contributed by atoms with Crippen molar-refractivity contribution in [3.63, 3.8) is 0 Å². The average Bonchev–Trinajstić information content (AvgIpc) is 3.19. The van der Waals surface area contributed by atoms with Crippen LogP contribution < -0.4 is 5.32 Å². The molecule has 0 radical (unpaired) electrons. The molecule has 1 aromatic heterocycles. The topological polar surface area (TPSA) is 57.8 Å². The Hall–Kier alpha value is -2.15. The highest BCUT2D eigenvalue weighted by Crippen LogP contribution is 2.33. The molecular formula is C23H22ClN3OS2. The van der Waals surface area contributed by atoms with E-state index in [1.54, 1.807) is 11.8 Å². The van der Waals surface area contributed by atoms with Crippen LogP contribution in [0.1, 0.15) is 18.3 Å². The molecule has 0 bridgehead atoms. The third-order valence-electron chi connectivity index (χ3n) is 4.86. The fourth-order valence-electron chi connectivity index (χ4n) is 3.41. The number of aromatic amines is 1. The van der Waals surface area contributed by atoms with Crippen LogP contribution in [0.15, 0.2) is 65.6 Å². The predicted molar refractivity (Wildman–Crippen MR) is 130 cm³/mol. The molecule has 0 saturated carbocycles. The van der Waals surface area contributed by atoms with Crippen LogP contribution in [0.25, 0.3) is 21.8 Å². The molecule has 0 spiro atoms. The van der Waals surface area contributed by atoms with Crippen molar-refractivity contribution in [2.75, 3.05) is 17.8 Å². The molecule has 0 saturated heterocycles. The number of hydrogen-bond acceptors (Lipinski definition) is 4. The van der Waals surface area contributed by atoms with E-state index in [-0.39, 0.29) is 11.9 Å². The average molecular weight is 456 g/mol. The van der Waals surface area contributed by atoms with Gasteiger partial charge in [0.1, 0.15) is 5.82 Å². The SMILES string of the molecule is CSCC[C@H](NC(=O)CSc1cccc2cccc(Cl)c12)c1nc2ccccc2[nH]1. The number of H-pyrrole nitrogens is 1. The van der Waals surface area contributed by atoms with E-state index in [9.17, 15) is 4.79 Å². The number of halogens is 1. The van der Waals surface area contributed by atoms with Gasteiger partial charge in [0, 0.05) is 15.3 Å². The van der Waals surface area contributed by atoms with Crippen LogP contribution in [0, 0.1) is 0 Å². The van der Waals surface area contributed by atoms with Gasteiger partial charge < -0.3 is 10.3 Å². The summed E-state index contributed by atoms with van der Waals surface area (Å²) in [4.78, 5) is 21.8. The first-order valence-electron chi connectivity index (χ1n) is 9.68. The zero-order valence-electron chi connectivity index (χ0n) is 16.5. The van der Waals surface area contributed by atoms with Crippen molar-refractivity contribution in [2.24, 2.45) is 0 Å². The Balaban J connectivity index is 1.48. The van der Waals surface area contributed by atoms with Crippen molar-refractivity contribution < 1.29 is 4.79 Å². The molecule has 4 rings (SSSR count). The number of rotatable bonds is 8. The van der Waals surface area contributed by atoms with Crippen molar-refractivity contribution in [1.82, 2.24) is 15.3 Å². The Bertz CT molecular complexity index is 1140. The maximum absolute atomic E-state index is 12.8. The van der Waals surface area contributed by atoms with E-state index in [1.165, 1.54) is 11.8 Å². The summed E-state index contributed by atoms with van der Waals surface area (Å²) in [6.45, 7) is 0. The Kier molecular flexibility index (Phi) is 6.87. The lowest BCUT2D eigenvalue weighted by molar-refractivity contribution is -0.119. The molecule has 4 aromatic rings. The second-order valence-electron chi connectivity index (χ2n) is 6.92. The number of benzene rings is 3. The van der Waals surface area contributed by atoms with E-state index in [4.69, 9.17) is 11.6 Å². The van der Waals surface area contributed by atoms with Gasteiger partial charge in [0.2, 0.25) is 5.91 Å².